The number of tetrazole rings is 1. The van der Waals surface area contributed by atoms with Gasteiger partial charge in [0.25, 0.3) is 5.91 Å². The SMILES string of the molecule is Cc1nnnn1-c1ccccc1C(=O)NCC1CCCN2CCCCC12. The fourth-order valence-corrected chi connectivity index (χ4v) is 4.44. The number of benzene rings is 1. The summed E-state index contributed by atoms with van der Waals surface area (Å²) in [4.78, 5) is 15.5. The highest BCUT2D eigenvalue weighted by Gasteiger charge is 2.33. The Kier molecular flexibility index (Phi) is 4.97. The molecular weight excluding hydrogens is 328 g/mol. The van der Waals surface area contributed by atoms with Crippen molar-refractivity contribution < 1.29 is 4.79 Å². The van der Waals surface area contributed by atoms with E-state index in [1.807, 2.05) is 31.2 Å². The number of fused-ring (bicyclic) bond motifs is 1. The van der Waals surface area contributed by atoms with Crippen LogP contribution in [-0.2, 0) is 0 Å². The quantitative estimate of drug-likeness (QED) is 0.908. The Bertz CT molecular complexity index is 771. The zero-order chi connectivity index (χ0) is 17.9. The van der Waals surface area contributed by atoms with Crippen molar-refractivity contribution in [3.63, 3.8) is 0 Å². The van der Waals surface area contributed by atoms with Crippen LogP contribution in [0.4, 0.5) is 0 Å². The highest BCUT2D eigenvalue weighted by Crippen LogP contribution is 2.30. The average molecular weight is 354 g/mol. The molecule has 0 spiro atoms. The van der Waals surface area contributed by atoms with Crippen LogP contribution in [0.1, 0.15) is 48.3 Å². The Hall–Kier alpha value is -2.28. The standard InChI is InChI=1S/C19H26N6O/c1-14-21-22-23-25(14)18-10-3-2-8-16(18)19(26)20-13-15-7-6-12-24-11-5-4-9-17(15)24/h2-3,8,10,15,17H,4-7,9,11-13H2,1H3,(H,20,26). The number of nitrogens with one attached hydrogen (secondary N) is 1. The zero-order valence-corrected chi connectivity index (χ0v) is 15.3. The van der Waals surface area contributed by atoms with Gasteiger partial charge in [0.1, 0.15) is 0 Å². The first-order valence-electron chi connectivity index (χ1n) is 9.60. The molecule has 2 aliphatic rings. The molecule has 2 saturated heterocycles. The van der Waals surface area contributed by atoms with E-state index >= 15 is 0 Å². The number of para-hydroxylation sites is 1. The van der Waals surface area contributed by atoms with Gasteiger partial charge in [0.2, 0.25) is 0 Å². The predicted octanol–water partition coefficient (Wildman–Crippen LogP) is 1.97. The van der Waals surface area contributed by atoms with Gasteiger partial charge in [0.05, 0.1) is 11.3 Å². The van der Waals surface area contributed by atoms with Crippen LogP contribution in [0.5, 0.6) is 0 Å². The minimum absolute atomic E-state index is 0.0524. The first-order valence-corrected chi connectivity index (χ1v) is 9.60. The molecule has 1 aromatic heterocycles. The van der Waals surface area contributed by atoms with Gasteiger partial charge in [0.15, 0.2) is 5.82 Å². The summed E-state index contributed by atoms with van der Waals surface area (Å²) in [6.07, 6.45) is 6.33. The van der Waals surface area contributed by atoms with E-state index in [0.29, 0.717) is 23.3 Å². The summed E-state index contributed by atoms with van der Waals surface area (Å²) < 4.78 is 1.61. The van der Waals surface area contributed by atoms with E-state index in [-0.39, 0.29) is 5.91 Å². The van der Waals surface area contributed by atoms with Crippen molar-refractivity contribution in [3.8, 4) is 5.69 Å². The van der Waals surface area contributed by atoms with Crippen molar-refractivity contribution >= 4 is 5.91 Å². The Morgan fingerprint density at radius 3 is 2.88 bits per heavy atom. The van der Waals surface area contributed by atoms with E-state index in [1.165, 1.54) is 45.2 Å². The maximum Gasteiger partial charge on any atom is 0.253 e. The molecule has 138 valence electrons. The Morgan fingerprint density at radius 2 is 2.04 bits per heavy atom. The van der Waals surface area contributed by atoms with Gasteiger partial charge in [-0.2, -0.15) is 4.68 Å². The van der Waals surface area contributed by atoms with Crippen LogP contribution < -0.4 is 5.32 Å². The summed E-state index contributed by atoms with van der Waals surface area (Å²) in [7, 11) is 0. The first-order chi connectivity index (χ1) is 12.7. The van der Waals surface area contributed by atoms with Gasteiger partial charge >= 0.3 is 0 Å². The smallest absolute Gasteiger partial charge is 0.253 e. The highest BCUT2D eigenvalue weighted by molar-refractivity contribution is 5.97. The third-order valence-corrected chi connectivity index (χ3v) is 5.76. The van der Waals surface area contributed by atoms with Crippen molar-refractivity contribution in [1.29, 1.82) is 0 Å². The minimum Gasteiger partial charge on any atom is -0.352 e. The molecule has 1 aromatic carbocycles. The van der Waals surface area contributed by atoms with Gasteiger partial charge in [-0.1, -0.05) is 18.6 Å². The number of hydrogen-bond acceptors (Lipinski definition) is 5. The van der Waals surface area contributed by atoms with E-state index in [4.69, 9.17) is 0 Å². The van der Waals surface area contributed by atoms with Crippen LogP contribution in [0.25, 0.3) is 5.69 Å². The molecule has 2 unspecified atom stereocenters. The summed E-state index contributed by atoms with van der Waals surface area (Å²) in [5.41, 5.74) is 1.33. The number of rotatable bonds is 4. The van der Waals surface area contributed by atoms with Crippen molar-refractivity contribution in [3.05, 3.63) is 35.7 Å². The fourth-order valence-electron chi connectivity index (χ4n) is 4.44. The third-order valence-electron chi connectivity index (χ3n) is 5.76. The average Bonchev–Trinajstić information content (AvgIpc) is 3.12. The monoisotopic (exact) mass is 354 g/mol. The van der Waals surface area contributed by atoms with Gasteiger partial charge in [-0.3, -0.25) is 4.79 Å². The molecule has 2 atom stereocenters. The lowest BCUT2D eigenvalue weighted by Gasteiger charge is -2.44. The van der Waals surface area contributed by atoms with Crippen LogP contribution in [-0.4, -0.2) is 56.7 Å². The zero-order valence-electron chi connectivity index (χ0n) is 15.3. The molecule has 1 N–H and O–H groups in total. The lowest BCUT2D eigenvalue weighted by molar-refractivity contribution is 0.0575. The Labute approximate surface area is 153 Å². The van der Waals surface area contributed by atoms with Gasteiger partial charge in [0, 0.05) is 12.6 Å². The van der Waals surface area contributed by atoms with Crippen molar-refractivity contribution in [2.75, 3.05) is 19.6 Å². The number of amides is 1. The van der Waals surface area contributed by atoms with Gasteiger partial charge in [-0.05, 0) is 74.2 Å². The number of carbonyl (C=O) groups is 1. The number of nitrogens with zero attached hydrogens (tertiary/aromatic N) is 5. The predicted molar refractivity (Wildman–Crippen MR) is 98.2 cm³/mol. The lowest BCUT2D eigenvalue weighted by Crippen LogP contribution is -2.51. The summed E-state index contributed by atoms with van der Waals surface area (Å²) in [5.74, 6) is 1.16. The second-order valence-electron chi connectivity index (χ2n) is 7.37. The molecule has 0 saturated carbocycles. The van der Waals surface area contributed by atoms with Crippen LogP contribution in [0, 0.1) is 12.8 Å². The molecule has 2 aliphatic heterocycles. The molecule has 1 amide bonds. The Balaban J connectivity index is 1.47. The number of aromatic nitrogens is 4. The topological polar surface area (TPSA) is 75.9 Å². The molecule has 26 heavy (non-hydrogen) atoms. The van der Waals surface area contributed by atoms with Crippen LogP contribution in [0.2, 0.25) is 0 Å². The first kappa shape index (κ1) is 17.1. The second-order valence-corrected chi connectivity index (χ2v) is 7.37. The lowest BCUT2D eigenvalue weighted by atomic mass is 9.83. The largest absolute Gasteiger partial charge is 0.352 e. The van der Waals surface area contributed by atoms with Crippen molar-refractivity contribution in [2.45, 2.75) is 45.1 Å². The van der Waals surface area contributed by atoms with Gasteiger partial charge in [-0.25, -0.2) is 0 Å². The summed E-state index contributed by atoms with van der Waals surface area (Å²) in [5, 5.41) is 14.8. The second kappa shape index (κ2) is 7.53. The van der Waals surface area contributed by atoms with Gasteiger partial charge < -0.3 is 10.2 Å². The van der Waals surface area contributed by atoms with E-state index in [1.54, 1.807) is 4.68 Å². The van der Waals surface area contributed by atoms with E-state index in [9.17, 15) is 4.79 Å². The number of carbonyl (C=O) groups excluding carboxylic acids is 1. The maximum atomic E-state index is 12.9. The summed E-state index contributed by atoms with van der Waals surface area (Å²) >= 11 is 0. The molecule has 7 heteroatoms. The van der Waals surface area contributed by atoms with E-state index in [0.717, 1.165) is 12.2 Å². The minimum atomic E-state index is -0.0524. The molecule has 0 bridgehead atoms. The van der Waals surface area contributed by atoms with Gasteiger partial charge in [-0.15, -0.1) is 5.10 Å². The molecule has 7 nitrogen and oxygen atoms in total. The maximum absolute atomic E-state index is 12.9. The molecule has 0 radical (unpaired) electrons. The fraction of sp³-hybridized carbons (Fsp3) is 0.579. The molecule has 3 heterocycles. The third kappa shape index (κ3) is 3.35. The van der Waals surface area contributed by atoms with Crippen LogP contribution in [0.15, 0.2) is 24.3 Å². The van der Waals surface area contributed by atoms with Crippen molar-refractivity contribution in [2.24, 2.45) is 5.92 Å². The van der Waals surface area contributed by atoms with E-state index in [2.05, 4.69) is 25.7 Å². The molecule has 2 fully saturated rings. The van der Waals surface area contributed by atoms with Crippen LogP contribution >= 0.6 is 0 Å². The van der Waals surface area contributed by atoms with Crippen molar-refractivity contribution in [1.82, 2.24) is 30.4 Å². The summed E-state index contributed by atoms with van der Waals surface area (Å²) in [6, 6.07) is 8.12. The van der Waals surface area contributed by atoms with E-state index < -0.39 is 0 Å². The Morgan fingerprint density at radius 1 is 1.19 bits per heavy atom. The number of piperidine rings is 2. The highest BCUT2D eigenvalue weighted by atomic mass is 16.1. The number of aryl methyl sites for hydroxylation is 1. The number of hydrogen-bond donors (Lipinski definition) is 1. The molecule has 0 aliphatic carbocycles. The summed E-state index contributed by atoms with van der Waals surface area (Å²) in [6.45, 7) is 5.00. The van der Waals surface area contributed by atoms with Crippen LogP contribution in [0.3, 0.4) is 0 Å². The molecule has 2 aromatic rings. The molecule has 4 rings (SSSR count). The molecular formula is C19H26N6O. The normalized spacial score (nSPS) is 23.4.